The van der Waals surface area contributed by atoms with Crippen molar-refractivity contribution in [3.05, 3.63) is 53.5 Å². The molecule has 0 saturated heterocycles. The number of nitrogens with one attached hydrogen (secondary N) is 3. The number of carbonyl (C=O) groups excluding carboxylic acids is 1. The van der Waals surface area contributed by atoms with Crippen LogP contribution in [-0.4, -0.2) is 39.1 Å². The molecule has 0 spiro atoms. The van der Waals surface area contributed by atoms with E-state index >= 15 is 0 Å². The van der Waals surface area contributed by atoms with Crippen molar-refractivity contribution in [1.29, 1.82) is 0 Å². The number of amides is 1. The Bertz CT molecular complexity index is 746. The molecule has 1 heterocycles. The van der Waals surface area contributed by atoms with Gasteiger partial charge in [0.1, 0.15) is 5.75 Å². The molecule has 0 saturated carbocycles. The third-order valence-electron chi connectivity index (χ3n) is 3.86. The van der Waals surface area contributed by atoms with Gasteiger partial charge in [0.15, 0.2) is 11.7 Å². The van der Waals surface area contributed by atoms with Gasteiger partial charge in [-0.25, -0.2) is 0 Å². The highest BCUT2D eigenvalue weighted by atomic mass is 127. The number of hydrogen-bond donors (Lipinski definition) is 3. The second kappa shape index (κ2) is 12.2. The van der Waals surface area contributed by atoms with Crippen LogP contribution >= 0.6 is 24.0 Å². The quantitative estimate of drug-likeness (QED) is 0.231. The van der Waals surface area contributed by atoms with Gasteiger partial charge in [-0.05, 0) is 25.5 Å². The third-order valence-corrected chi connectivity index (χ3v) is 3.86. The highest BCUT2D eigenvalue weighted by Crippen LogP contribution is 2.16. The summed E-state index contributed by atoms with van der Waals surface area (Å²) in [4.78, 5) is 16.1. The number of aliphatic imine (C=N–C) groups is 1. The number of carbonyl (C=O) groups is 1. The zero-order valence-electron chi connectivity index (χ0n) is 15.9. The van der Waals surface area contributed by atoms with Crippen LogP contribution < -0.4 is 20.7 Å². The summed E-state index contributed by atoms with van der Waals surface area (Å²) in [5.41, 5.74) is 1.89. The minimum Gasteiger partial charge on any atom is -0.496 e. The molecule has 0 fully saturated rings. The summed E-state index contributed by atoms with van der Waals surface area (Å²) in [5.74, 6) is 1.72. The van der Waals surface area contributed by atoms with E-state index < -0.39 is 0 Å². The Kier molecular flexibility index (Phi) is 10.3. The molecular weight excluding hydrogens is 459 g/mol. The molecule has 3 N–H and O–H groups in total. The zero-order chi connectivity index (χ0) is 18.8. The highest BCUT2D eigenvalue weighted by molar-refractivity contribution is 14.0. The molecule has 0 bridgehead atoms. The maximum atomic E-state index is 11.9. The van der Waals surface area contributed by atoms with Crippen molar-refractivity contribution < 1.29 is 13.9 Å². The molecule has 1 aromatic heterocycles. The molecule has 0 aliphatic heterocycles. The number of nitrogens with zero attached hydrogens (tertiary/aromatic N) is 1. The normalized spacial score (nSPS) is 10.7. The Morgan fingerprint density at radius 3 is 2.56 bits per heavy atom. The van der Waals surface area contributed by atoms with Crippen LogP contribution in [-0.2, 0) is 6.54 Å². The predicted molar refractivity (Wildman–Crippen MR) is 117 cm³/mol. The lowest BCUT2D eigenvalue weighted by Gasteiger charge is -2.13. The third kappa shape index (κ3) is 7.12. The van der Waals surface area contributed by atoms with Gasteiger partial charge in [-0.2, -0.15) is 0 Å². The number of halogens is 1. The molecule has 0 unspecified atom stereocenters. The molecule has 0 atom stereocenters. The van der Waals surface area contributed by atoms with Crippen LogP contribution in [0.15, 0.2) is 46.0 Å². The van der Waals surface area contributed by atoms with Gasteiger partial charge in [-0.15, -0.1) is 24.0 Å². The first-order valence-corrected chi connectivity index (χ1v) is 8.54. The van der Waals surface area contributed by atoms with Crippen molar-refractivity contribution in [3.63, 3.8) is 0 Å². The first kappa shape index (κ1) is 22.8. The van der Waals surface area contributed by atoms with Crippen LogP contribution in [0.25, 0.3) is 0 Å². The molecule has 7 nitrogen and oxygen atoms in total. The largest absolute Gasteiger partial charge is 0.496 e. The number of ether oxygens (including phenoxy) is 1. The number of furan rings is 1. The summed E-state index contributed by atoms with van der Waals surface area (Å²) in [6.07, 6.45) is 2.28. The van der Waals surface area contributed by atoms with Crippen LogP contribution in [0.5, 0.6) is 5.75 Å². The minimum atomic E-state index is -0.189. The Hall–Kier alpha value is -2.23. The fraction of sp³-hybridized carbons (Fsp3) is 0.368. The van der Waals surface area contributed by atoms with Gasteiger partial charge in [-0.1, -0.05) is 18.2 Å². The number of methoxy groups -OCH3 is 1. The van der Waals surface area contributed by atoms with Crippen LogP contribution in [0.2, 0.25) is 0 Å². The van der Waals surface area contributed by atoms with Crippen molar-refractivity contribution in [1.82, 2.24) is 16.0 Å². The van der Waals surface area contributed by atoms with E-state index in [1.807, 2.05) is 31.2 Å². The summed E-state index contributed by atoms with van der Waals surface area (Å²) >= 11 is 0. The smallest absolute Gasteiger partial charge is 0.287 e. The Morgan fingerprint density at radius 1 is 1.15 bits per heavy atom. The molecule has 0 radical (unpaired) electrons. The Labute approximate surface area is 177 Å². The minimum absolute atomic E-state index is 0. The van der Waals surface area contributed by atoms with Gasteiger partial charge in [0, 0.05) is 37.8 Å². The van der Waals surface area contributed by atoms with Gasteiger partial charge < -0.3 is 25.1 Å². The lowest BCUT2D eigenvalue weighted by Crippen LogP contribution is -2.38. The highest BCUT2D eigenvalue weighted by Gasteiger charge is 2.11. The standard InChI is InChI=1S/C19H26N4O3.HI/c1-14-9-12-26-17(14)18(24)21-10-6-11-22-19(20-2)23-13-15-7-4-5-8-16(15)25-3;/h4-5,7-9,12H,6,10-11,13H2,1-3H3,(H,21,24)(H2,20,22,23);1H. The van der Waals surface area contributed by atoms with E-state index in [1.165, 1.54) is 6.26 Å². The SMILES string of the molecule is CN=C(NCCCNC(=O)c1occc1C)NCc1ccccc1OC.I. The number of rotatable bonds is 8. The molecule has 2 rings (SSSR count). The Morgan fingerprint density at radius 2 is 1.89 bits per heavy atom. The topological polar surface area (TPSA) is 87.9 Å². The molecule has 8 heteroatoms. The van der Waals surface area contributed by atoms with E-state index in [0.29, 0.717) is 31.4 Å². The summed E-state index contributed by atoms with van der Waals surface area (Å²) in [7, 11) is 3.38. The lowest BCUT2D eigenvalue weighted by atomic mass is 10.2. The number of para-hydroxylation sites is 1. The van der Waals surface area contributed by atoms with E-state index in [1.54, 1.807) is 20.2 Å². The van der Waals surface area contributed by atoms with Gasteiger partial charge >= 0.3 is 0 Å². The first-order chi connectivity index (χ1) is 12.7. The molecule has 27 heavy (non-hydrogen) atoms. The molecule has 0 aliphatic rings. The van der Waals surface area contributed by atoms with E-state index in [0.717, 1.165) is 23.3 Å². The first-order valence-electron chi connectivity index (χ1n) is 8.54. The van der Waals surface area contributed by atoms with E-state index in [2.05, 4.69) is 20.9 Å². The monoisotopic (exact) mass is 486 g/mol. The fourth-order valence-electron chi connectivity index (χ4n) is 2.43. The van der Waals surface area contributed by atoms with Crippen molar-refractivity contribution >= 4 is 35.8 Å². The summed E-state index contributed by atoms with van der Waals surface area (Å²) in [6, 6.07) is 9.61. The number of aryl methyl sites for hydroxylation is 1. The van der Waals surface area contributed by atoms with Gasteiger partial charge in [0.25, 0.3) is 5.91 Å². The maximum Gasteiger partial charge on any atom is 0.287 e. The van der Waals surface area contributed by atoms with E-state index in [-0.39, 0.29) is 29.9 Å². The van der Waals surface area contributed by atoms with E-state index in [4.69, 9.17) is 9.15 Å². The zero-order valence-corrected chi connectivity index (χ0v) is 18.2. The van der Waals surface area contributed by atoms with Crippen LogP contribution in [0.4, 0.5) is 0 Å². The van der Waals surface area contributed by atoms with Crippen LogP contribution in [0.3, 0.4) is 0 Å². The lowest BCUT2D eigenvalue weighted by molar-refractivity contribution is 0.0925. The van der Waals surface area contributed by atoms with E-state index in [9.17, 15) is 4.79 Å². The van der Waals surface area contributed by atoms with Crippen molar-refractivity contribution in [2.45, 2.75) is 19.9 Å². The van der Waals surface area contributed by atoms with Crippen molar-refractivity contribution in [2.24, 2.45) is 4.99 Å². The molecule has 148 valence electrons. The average molecular weight is 486 g/mol. The van der Waals surface area contributed by atoms with Gasteiger partial charge in [-0.3, -0.25) is 9.79 Å². The van der Waals surface area contributed by atoms with Crippen LogP contribution in [0.1, 0.15) is 28.1 Å². The number of guanidine groups is 1. The van der Waals surface area contributed by atoms with Gasteiger partial charge in [0.05, 0.1) is 13.4 Å². The fourth-order valence-corrected chi connectivity index (χ4v) is 2.43. The number of benzene rings is 1. The van der Waals surface area contributed by atoms with Gasteiger partial charge in [0.2, 0.25) is 0 Å². The molecule has 1 aromatic carbocycles. The number of hydrogen-bond acceptors (Lipinski definition) is 4. The summed E-state index contributed by atoms with van der Waals surface area (Å²) < 4.78 is 10.5. The average Bonchev–Trinajstić information content (AvgIpc) is 3.10. The van der Waals surface area contributed by atoms with Crippen molar-refractivity contribution in [2.75, 3.05) is 27.2 Å². The molecule has 1 amide bonds. The molecule has 0 aliphatic carbocycles. The molecular formula is C19H27IN4O3. The predicted octanol–water partition coefficient (Wildman–Crippen LogP) is 2.70. The second-order valence-electron chi connectivity index (χ2n) is 5.71. The summed E-state index contributed by atoms with van der Waals surface area (Å²) in [5, 5.41) is 9.31. The van der Waals surface area contributed by atoms with Crippen molar-refractivity contribution in [3.8, 4) is 5.75 Å². The van der Waals surface area contributed by atoms with Crippen LogP contribution in [0, 0.1) is 6.92 Å². The maximum absolute atomic E-state index is 11.9. The summed E-state index contributed by atoms with van der Waals surface area (Å²) in [6.45, 7) is 3.69. The molecule has 2 aromatic rings. The second-order valence-corrected chi connectivity index (χ2v) is 5.71. The Balaban J connectivity index is 0.00000364.